The molecule has 1 aromatic heterocycles. The summed E-state index contributed by atoms with van der Waals surface area (Å²) in [4.78, 5) is 23.5. The van der Waals surface area contributed by atoms with Gasteiger partial charge in [0.25, 0.3) is 0 Å². The zero-order valence-corrected chi connectivity index (χ0v) is 14.2. The lowest BCUT2D eigenvalue weighted by Gasteiger charge is -2.28. The number of carbonyl (C=O) groups is 1. The molecule has 26 heavy (non-hydrogen) atoms. The van der Waals surface area contributed by atoms with Gasteiger partial charge in [0.2, 0.25) is 5.95 Å². The molecule has 1 aliphatic rings. The molecule has 7 nitrogen and oxygen atoms in total. The average molecular weight is 349 g/mol. The maximum atomic E-state index is 12.3. The summed E-state index contributed by atoms with van der Waals surface area (Å²) >= 11 is 0. The zero-order chi connectivity index (χ0) is 17.8. The number of ether oxygens (including phenoxy) is 1. The number of benzene rings is 2. The monoisotopic (exact) mass is 349 g/mol. The van der Waals surface area contributed by atoms with Crippen molar-refractivity contribution in [1.29, 1.82) is 0 Å². The van der Waals surface area contributed by atoms with Crippen LogP contribution in [0.25, 0.3) is 10.9 Å². The van der Waals surface area contributed by atoms with E-state index in [2.05, 4.69) is 25.5 Å². The van der Waals surface area contributed by atoms with E-state index in [1.165, 1.54) is 0 Å². The van der Waals surface area contributed by atoms with E-state index in [0.717, 1.165) is 29.8 Å². The Morgan fingerprint density at radius 2 is 1.65 bits per heavy atom. The molecule has 3 aromatic rings. The fraction of sp³-hybridized carbons (Fsp3) is 0.211. The van der Waals surface area contributed by atoms with Crippen LogP contribution in [0.5, 0.6) is 0 Å². The average Bonchev–Trinajstić information content (AvgIpc) is 2.69. The standard InChI is InChI=1S/C19H19N5O2/c25-19(20-14-6-2-1-3-7-14)23-18-21-16-9-5-4-8-15(16)17(22-18)24-10-12-26-13-11-24/h1-9H,10-13H2,(H2,20,21,22,23,25). The number of nitrogens with one attached hydrogen (secondary N) is 2. The van der Waals surface area contributed by atoms with Crippen molar-refractivity contribution in [2.24, 2.45) is 0 Å². The first-order chi connectivity index (χ1) is 12.8. The van der Waals surface area contributed by atoms with Crippen molar-refractivity contribution in [2.45, 2.75) is 0 Å². The van der Waals surface area contributed by atoms with Crippen LogP contribution in [-0.2, 0) is 4.74 Å². The summed E-state index contributed by atoms with van der Waals surface area (Å²) in [6.07, 6.45) is 0. The lowest BCUT2D eigenvalue weighted by molar-refractivity contribution is 0.122. The summed E-state index contributed by atoms with van der Waals surface area (Å²) in [6.45, 7) is 2.85. The molecule has 1 aliphatic heterocycles. The first-order valence-corrected chi connectivity index (χ1v) is 8.52. The summed E-state index contributed by atoms with van der Waals surface area (Å²) in [6, 6.07) is 16.7. The van der Waals surface area contributed by atoms with Crippen molar-refractivity contribution in [3.8, 4) is 0 Å². The number of nitrogens with zero attached hydrogens (tertiary/aromatic N) is 3. The van der Waals surface area contributed by atoms with Crippen LogP contribution in [-0.4, -0.2) is 42.3 Å². The van der Waals surface area contributed by atoms with Crippen LogP contribution >= 0.6 is 0 Å². The number of aromatic nitrogens is 2. The molecule has 1 saturated heterocycles. The lowest BCUT2D eigenvalue weighted by Crippen LogP contribution is -2.37. The molecule has 0 atom stereocenters. The maximum absolute atomic E-state index is 12.3. The van der Waals surface area contributed by atoms with Crippen LogP contribution in [0.4, 0.5) is 22.2 Å². The first-order valence-electron chi connectivity index (χ1n) is 8.52. The van der Waals surface area contributed by atoms with Crippen LogP contribution in [0.1, 0.15) is 0 Å². The summed E-state index contributed by atoms with van der Waals surface area (Å²) < 4.78 is 5.43. The summed E-state index contributed by atoms with van der Waals surface area (Å²) in [5.74, 6) is 1.09. The highest BCUT2D eigenvalue weighted by atomic mass is 16.5. The number of urea groups is 1. The number of morpholine rings is 1. The molecule has 2 N–H and O–H groups in total. The highest BCUT2D eigenvalue weighted by Gasteiger charge is 2.18. The number of anilines is 3. The van der Waals surface area contributed by atoms with Crippen molar-refractivity contribution >= 4 is 34.4 Å². The van der Waals surface area contributed by atoms with Crippen molar-refractivity contribution in [2.75, 3.05) is 41.8 Å². The van der Waals surface area contributed by atoms with Gasteiger partial charge in [-0.2, -0.15) is 4.98 Å². The number of fused-ring (bicyclic) bond motifs is 1. The van der Waals surface area contributed by atoms with Gasteiger partial charge in [0, 0.05) is 24.2 Å². The largest absolute Gasteiger partial charge is 0.378 e. The predicted molar refractivity (Wildman–Crippen MR) is 102 cm³/mol. The molecular formula is C19H19N5O2. The van der Waals surface area contributed by atoms with E-state index >= 15 is 0 Å². The normalized spacial score (nSPS) is 14.2. The highest BCUT2D eigenvalue weighted by Crippen LogP contribution is 2.26. The van der Waals surface area contributed by atoms with Crippen LogP contribution in [0.2, 0.25) is 0 Å². The Balaban J connectivity index is 1.61. The molecular weight excluding hydrogens is 330 g/mol. The van der Waals surface area contributed by atoms with Gasteiger partial charge in [0.05, 0.1) is 18.7 Å². The molecule has 0 spiro atoms. The summed E-state index contributed by atoms with van der Waals surface area (Å²) in [5, 5.41) is 6.47. The van der Waals surface area contributed by atoms with E-state index < -0.39 is 0 Å². The molecule has 0 unspecified atom stereocenters. The van der Waals surface area contributed by atoms with E-state index in [1.54, 1.807) is 0 Å². The minimum atomic E-state index is -0.376. The molecule has 0 aliphatic carbocycles. The van der Waals surface area contributed by atoms with Crippen LogP contribution in [0, 0.1) is 0 Å². The van der Waals surface area contributed by atoms with Gasteiger partial charge in [0.1, 0.15) is 5.82 Å². The van der Waals surface area contributed by atoms with Gasteiger partial charge in [-0.3, -0.25) is 5.32 Å². The van der Waals surface area contributed by atoms with Crippen molar-refractivity contribution in [3.63, 3.8) is 0 Å². The Hall–Kier alpha value is -3.19. The van der Waals surface area contributed by atoms with Crippen LogP contribution in [0.3, 0.4) is 0 Å². The molecule has 2 amide bonds. The van der Waals surface area contributed by atoms with Gasteiger partial charge in [0.15, 0.2) is 0 Å². The molecule has 0 radical (unpaired) electrons. The number of hydrogen-bond donors (Lipinski definition) is 2. The smallest absolute Gasteiger partial charge is 0.326 e. The lowest BCUT2D eigenvalue weighted by atomic mass is 10.2. The van der Waals surface area contributed by atoms with E-state index in [4.69, 9.17) is 4.74 Å². The fourth-order valence-electron chi connectivity index (χ4n) is 2.92. The summed E-state index contributed by atoms with van der Waals surface area (Å²) in [7, 11) is 0. The van der Waals surface area contributed by atoms with E-state index in [-0.39, 0.29) is 12.0 Å². The van der Waals surface area contributed by atoms with Gasteiger partial charge in [-0.05, 0) is 24.3 Å². The molecule has 0 bridgehead atoms. The minimum Gasteiger partial charge on any atom is -0.378 e. The van der Waals surface area contributed by atoms with E-state index in [1.807, 2.05) is 54.6 Å². The second-order valence-electron chi connectivity index (χ2n) is 5.93. The van der Waals surface area contributed by atoms with Crippen molar-refractivity contribution in [3.05, 3.63) is 54.6 Å². The third-order valence-corrected chi connectivity index (χ3v) is 4.15. The molecule has 2 heterocycles. The Morgan fingerprint density at radius 3 is 2.46 bits per heavy atom. The second kappa shape index (κ2) is 7.37. The van der Waals surface area contributed by atoms with E-state index in [0.29, 0.717) is 18.9 Å². The van der Waals surface area contributed by atoms with Gasteiger partial charge < -0.3 is 15.0 Å². The number of hydrogen-bond acceptors (Lipinski definition) is 5. The Labute approximate surface area is 151 Å². The first kappa shape index (κ1) is 16.3. The second-order valence-corrected chi connectivity index (χ2v) is 5.93. The zero-order valence-electron chi connectivity index (χ0n) is 14.2. The topological polar surface area (TPSA) is 79.4 Å². The molecule has 4 rings (SSSR count). The fourth-order valence-corrected chi connectivity index (χ4v) is 2.92. The quantitative estimate of drug-likeness (QED) is 0.759. The number of carbonyl (C=O) groups excluding carboxylic acids is 1. The van der Waals surface area contributed by atoms with Gasteiger partial charge >= 0.3 is 6.03 Å². The van der Waals surface area contributed by atoms with Gasteiger partial charge in [-0.1, -0.05) is 30.3 Å². The summed E-state index contributed by atoms with van der Waals surface area (Å²) in [5.41, 5.74) is 1.50. The molecule has 7 heteroatoms. The van der Waals surface area contributed by atoms with Crippen molar-refractivity contribution < 1.29 is 9.53 Å². The molecule has 1 fully saturated rings. The van der Waals surface area contributed by atoms with E-state index in [9.17, 15) is 4.79 Å². The molecule has 2 aromatic carbocycles. The Morgan fingerprint density at radius 1 is 0.923 bits per heavy atom. The number of para-hydroxylation sites is 2. The SMILES string of the molecule is O=C(Nc1ccccc1)Nc1nc(N2CCOCC2)c2ccccc2n1. The molecule has 0 saturated carbocycles. The van der Waals surface area contributed by atoms with Crippen LogP contribution < -0.4 is 15.5 Å². The number of rotatable bonds is 3. The Bertz CT molecular complexity index is 910. The minimum absolute atomic E-state index is 0.277. The molecule has 132 valence electrons. The van der Waals surface area contributed by atoms with Gasteiger partial charge in [-0.25, -0.2) is 9.78 Å². The third-order valence-electron chi connectivity index (χ3n) is 4.15. The number of amides is 2. The third kappa shape index (κ3) is 3.57. The highest BCUT2D eigenvalue weighted by molar-refractivity contribution is 6.00. The van der Waals surface area contributed by atoms with Crippen molar-refractivity contribution in [1.82, 2.24) is 9.97 Å². The predicted octanol–water partition coefficient (Wildman–Crippen LogP) is 3.11. The Kier molecular flexibility index (Phi) is 4.61. The van der Waals surface area contributed by atoms with Gasteiger partial charge in [-0.15, -0.1) is 0 Å². The van der Waals surface area contributed by atoms with Crippen LogP contribution in [0.15, 0.2) is 54.6 Å². The maximum Gasteiger partial charge on any atom is 0.326 e.